The molecular formula is C21H28O2. The molecule has 2 heteroatoms. The van der Waals surface area contributed by atoms with Gasteiger partial charge in [-0.05, 0) is 69.1 Å². The average Bonchev–Trinajstić information content (AvgIpc) is 3.04. The molecule has 1 spiro atoms. The second-order valence-corrected chi connectivity index (χ2v) is 8.77. The Hall–Kier alpha value is -1.07. The molecular weight excluding hydrogens is 284 g/mol. The van der Waals surface area contributed by atoms with Gasteiger partial charge in [-0.2, -0.15) is 0 Å². The molecule has 0 heterocycles. The minimum absolute atomic E-state index is 0.176. The monoisotopic (exact) mass is 312 g/mol. The highest BCUT2D eigenvalue weighted by Gasteiger charge is 2.65. The molecule has 1 N–H and O–H groups in total. The summed E-state index contributed by atoms with van der Waals surface area (Å²) in [6.45, 7) is 6.54. The zero-order valence-corrected chi connectivity index (χ0v) is 14.2. The molecule has 0 bridgehead atoms. The molecule has 0 aliphatic heterocycles. The van der Waals surface area contributed by atoms with E-state index in [2.05, 4.69) is 19.4 Å². The molecule has 0 aromatic heterocycles. The van der Waals surface area contributed by atoms with E-state index in [1.807, 2.05) is 0 Å². The van der Waals surface area contributed by atoms with Crippen molar-refractivity contribution in [3.05, 3.63) is 12.2 Å². The summed E-state index contributed by atoms with van der Waals surface area (Å²) in [5.41, 5.74) is -0.162. The predicted molar refractivity (Wildman–Crippen MR) is 90.5 cm³/mol. The lowest BCUT2D eigenvalue weighted by Gasteiger charge is -2.57. The largest absolute Gasteiger partial charge is 0.377 e. The van der Waals surface area contributed by atoms with Crippen molar-refractivity contribution in [1.82, 2.24) is 0 Å². The Kier molecular flexibility index (Phi) is 3.18. The average molecular weight is 312 g/mol. The highest BCUT2D eigenvalue weighted by atomic mass is 16.3. The predicted octanol–water partition coefficient (Wildman–Crippen LogP) is 3.88. The van der Waals surface area contributed by atoms with E-state index < -0.39 is 5.60 Å². The molecule has 4 rings (SSSR count). The summed E-state index contributed by atoms with van der Waals surface area (Å²) >= 11 is 0. The second kappa shape index (κ2) is 4.73. The molecule has 3 unspecified atom stereocenters. The lowest BCUT2D eigenvalue weighted by Crippen LogP contribution is -2.55. The van der Waals surface area contributed by atoms with Gasteiger partial charge in [0.05, 0.1) is 5.41 Å². The van der Waals surface area contributed by atoms with Crippen LogP contribution in [0.1, 0.15) is 64.7 Å². The number of Topliss-reactive ketones (excluding diaryl/α,β-unsaturated/α-hetero) is 1. The number of hydrogen-bond donors (Lipinski definition) is 1. The van der Waals surface area contributed by atoms with E-state index in [4.69, 9.17) is 6.42 Å². The van der Waals surface area contributed by atoms with Crippen molar-refractivity contribution in [2.45, 2.75) is 70.3 Å². The van der Waals surface area contributed by atoms with Crippen molar-refractivity contribution < 1.29 is 9.90 Å². The molecule has 2 nitrogen and oxygen atoms in total. The maximum absolute atomic E-state index is 12.8. The smallest absolute Gasteiger partial charge is 0.143 e. The van der Waals surface area contributed by atoms with Crippen molar-refractivity contribution in [3.63, 3.8) is 0 Å². The van der Waals surface area contributed by atoms with E-state index in [1.54, 1.807) is 0 Å². The van der Waals surface area contributed by atoms with Crippen LogP contribution in [-0.4, -0.2) is 16.5 Å². The fraction of sp³-hybridized carbons (Fsp3) is 0.762. The number of fused-ring (bicyclic) bond motifs is 4. The van der Waals surface area contributed by atoms with Gasteiger partial charge in [-0.25, -0.2) is 0 Å². The molecule has 0 aromatic rings. The van der Waals surface area contributed by atoms with Crippen LogP contribution in [0.5, 0.6) is 0 Å². The zero-order valence-electron chi connectivity index (χ0n) is 14.2. The van der Waals surface area contributed by atoms with Crippen LogP contribution in [0.3, 0.4) is 0 Å². The first-order valence-electron chi connectivity index (χ1n) is 9.31. The van der Waals surface area contributed by atoms with Crippen LogP contribution in [-0.2, 0) is 4.79 Å². The number of carbonyl (C=O) groups excluding carboxylic acids is 1. The van der Waals surface area contributed by atoms with Gasteiger partial charge in [-0.15, -0.1) is 6.42 Å². The van der Waals surface area contributed by atoms with E-state index >= 15 is 0 Å². The van der Waals surface area contributed by atoms with Gasteiger partial charge >= 0.3 is 0 Å². The molecule has 4 fully saturated rings. The first-order valence-corrected chi connectivity index (χ1v) is 9.31. The molecule has 0 amide bonds. The molecule has 4 aliphatic rings. The van der Waals surface area contributed by atoms with Gasteiger partial charge in [0.15, 0.2) is 0 Å². The van der Waals surface area contributed by atoms with E-state index in [1.165, 1.54) is 5.57 Å². The van der Waals surface area contributed by atoms with Gasteiger partial charge in [0.1, 0.15) is 11.4 Å². The van der Waals surface area contributed by atoms with Gasteiger partial charge in [-0.1, -0.05) is 25.0 Å². The van der Waals surface area contributed by atoms with Crippen molar-refractivity contribution in [2.75, 3.05) is 0 Å². The number of ketones is 1. The number of rotatable bonds is 0. The number of terminal acetylenes is 1. The van der Waals surface area contributed by atoms with Gasteiger partial charge in [0.25, 0.3) is 0 Å². The van der Waals surface area contributed by atoms with Crippen LogP contribution >= 0.6 is 0 Å². The highest BCUT2D eigenvalue weighted by Crippen LogP contribution is 2.68. The fourth-order valence-electron chi connectivity index (χ4n) is 7.04. The van der Waals surface area contributed by atoms with E-state index in [-0.39, 0.29) is 10.8 Å². The van der Waals surface area contributed by atoms with E-state index in [9.17, 15) is 9.90 Å². The Labute approximate surface area is 139 Å². The summed E-state index contributed by atoms with van der Waals surface area (Å²) < 4.78 is 0. The number of hydrogen-bond acceptors (Lipinski definition) is 2. The highest BCUT2D eigenvalue weighted by molar-refractivity contribution is 5.90. The molecule has 6 atom stereocenters. The molecule has 4 aliphatic carbocycles. The standard InChI is InChI=1S/C21H28O2/c1-4-20(23)13-10-16-15-8-7-14(2)21(11-5-6-18(21)22)17(15)9-12-19(16,20)3/h1,15-17,23H,2,5-13H2,3H3/t15-,16-,17?,19-,20?,21?/m0/s1. The maximum atomic E-state index is 12.8. The third kappa shape index (κ3) is 1.67. The third-order valence-corrected chi connectivity index (χ3v) is 8.34. The summed E-state index contributed by atoms with van der Waals surface area (Å²) in [5.74, 6) is 4.61. The number of carbonyl (C=O) groups is 1. The van der Waals surface area contributed by atoms with Crippen molar-refractivity contribution in [3.8, 4) is 12.3 Å². The minimum atomic E-state index is -0.954. The van der Waals surface area contributed by atoms with Gasteiger partial charge in [-0.3, -0.25) is 4.79 Å². The Morgan fingerprint density at radius 2 is 1.91 bits per heavy atom. The number of aliphatic hydroxyl groups is 1. The maximum Gasteiger partial charge on any atom is 0.143 e. The fourth-order valence-corrected chi connectivity index (χ4v) is 7.04. The summed E-state index contributed by atoms with van der Waals surface area (Å²) in [6.07, 6.45) is 14.3. The molecule has 0 radical (unpaired) electrons. The van der Waals surface area contributed by atoms with Gasteiger partial charge in [0, 0.05) is 11.8 Å². The Morgan fingerprint density at radius 1 is 1.17 bits per heavy atom. The lowest BCUT2D eigenvalue weighted by atomic mass is 9.47. The molecule has 4 saturated carbocycles. The number of allylic oxidation sites excluding steroid dienone is 1. The Morgan fingerprint density at radius 3 is 2.57 bits per heavy atom. The van der Waals surface area contributed by atoms with Crippen LogP contribution in [0, 0.1) is 40.9 Å². The normalized spacial score (nSPS) is 52.3. The van der Waals surface area contributed by atoms with Crippen LogP contribution in [0.25, 0.3) is 0 Å². The third-order valence-electron chi connectivity index (χ3n) is 8.34. The summed E-state index contributed by atoms with van der Waals surface area (Å²) in [4.78, 5) is 12.8. The molecule has 124 valence electrons. The summed E-state index contributed by atoms with van der Waals surface area (Å²) in [6, 6.07) is 0. The molecule has 0 aromatic carbocycles. The molecule has 23 heavy (non-hydrogen) atoms. The van der Waals surface area contributed by atoms with Crippen molar-refractivity contribution >= 4 is 5.78 Å². The van der Waals surface area contributed by atoms with Crippen LogP contribution in [0.4, 0.5) is 0 Å². The van der Waals surface area contributed by atoms with Crippen LogP contribution in [0.2, 0.25) is 0 Å². The minimum Gasteiger partial charge on any atom is -0.377 e. The van der Waals surface area contributed by atoms with Gasteiger partial charge < -0.3 is 5.11 Å². The van der Waals surface area contributed by atoms with E-state index in [0.717, 1.165) is 57.8 Å². The quantitative estimate of drug-likeness (QED) is 0.544. The first kappa shape index (κ1) is 15.5. The van der Waals surface area contributed by atoms with Crippen molar-refractivity contribution in [1.29, 1.82) is 0 Å². The lowest BCUT2D eigenvalue weighted by molar-refractivity contribution is -0.137. The van der Waals surface area contributed by atoms with Gasteiger partial charge in [0.2, 0.25) is 0 Å². The summed E-state index contributed by atoms with van der Waals surface area (Å²) in [5, 5.41) is 11.0. The zero-order chi connectivity index (χ0) is 16.5. The Bertz CT molecular complexity index is 614. The topological polar surface area (TPSA) is 37.3 Å². The molecule has 0 saturated heterocycles. The first-order chi connectivity index (χ1) is 10.9. The summed E-state index contributed by atoms with van der Waals surface area (Å²) in [7, 11) is 0. The van der Waals surface area contributed by atoms with E-state index in [0.29, 0.717) is 23.5 Å². The second-order valence-electron chi connectivity index (χ2n) is 8.77. The SMILES string of the molecule is C#CC1(O)CC[C@H]2[C@@H]3CCC(=C)C4(CCCC4=O)C3CC[C@@]21C. The Balaban J connectivity index is 1.74. The van der Waals surface area contributed by atoms with Crippen LogP contribution in [0.15, 0.2) is 12.2 Å². The van der Waals surface area contributed by atoms with Crippen LogP contribution < -0.4 is 0 Å². The van der Waals surface area contributed by atoms with Crippen molar-refractivity contribution in [2.24, 2.45) is 28.6 Å².